The van der Waals surface area contributed by atoms with Gasteiger partial charge in [0.05, 0.1) is 11.0 Å². The maximum atomic E-state index is 6.82. The molecule has 1 aliphatic heterocycles. The van der Waals surface area contributed by atoms with Crippen molar-refractivity contribution in [1.29, 1.82) is 0 Å². The molecular weight excluding hydrogens is 427 g/mol. The van der Waals surface area contributed by atoms with E-state index >= 15 is 0 Å². The van der Waals surface area contributed by atoms with E-state index in [1.165, 1.54) is 48.6 Å². The zero-order valence-electron chi connectivity index (χ0n) is 17.2. The molecule has 7 rings (SSSR count). The van der Waals surface area contributed by atoms with Crippen molar-refractivity contribution in [2.75, 3.05) is 5.84 Å². The minimum Gasteiger partial charge on any atom is -0.339 e. The van der Waals surface area contributed by atoms with Crippen LogP contribution < -0.4 is 21.8 Å². The molecule has 2 nitrogen and oxygen atoms in total. The van der Waals surface area contributed by atoms with E-state index in [-0.39, 0.29) is 0 Å². The molecule has 0 amide bonds. The number of hydrogen-bond acceptors (Lipinski definition) is 2. The van der Waals surface area contributed by atoms with Crippen LogP contribution in [0.5, 0.6) is 0 Å². The molecule has 1 unspecified atom stereocenters. The molecule has 6 aromatic rings. The molecule has 4 heteroatoms. The number of benzene rings is 5. The normalized spacial score (nSPS) is 17.1. The maximum Gasteiger partial charge on any atom is 0.0795 e. The molecule has 1 atom stereocenters. The topological polar surface area (TPSA) is 30.9 Å². The molecule has 0 aliphatic carbocycles. The molecule has 2 heterocycles. The Morgan fingerprint density at radius 2 is 1.28 bits per heavy atom. The van der Waals surface area contributed by atoms with Crippen molar-refractivity contribution in [1.82, 2.24) is 4.68 Å². The van der Waals surface area contributed by atoms with Crippen LogP contribution in [0.1, 0.15) is 0 Å². The van der Waals surface area contributed by atoms with Crippen LogP contribution >= 0.6 is 6.04 Å². The molecular formula is C28H19N2PS. The van der Waals surface area contributed by atoms with Crippen molar-refractivity contribution in [3.63, 3.8) is 0 Å². The monoisotopic (exact) mass is 446 g/mol. The largest absolute Gasteiger partial charge is 0.339 e. The highest BCUT2D eigenvalue weighted by molar-refractivity contribution is 8.26. The van der Waals surface area contributed by atoms with Crippen molar-refractivity contribution in [3.8, 4) is 11.1 Å². The lowest BCUT2D eigenvalue weighted by molar-refractivity contribution is 1.12. The fraction of sp³-hybridized carbons (Fsp3) is 0. The second kappa shape index (κ2) is 6.32. The van der Waals surface area contributed by atoms with E-state index in [0.29, 0.717) is 0 Å². The van der Waals surface area contributed by atoms with Gasteiger partial charge in [0, 0.05) is 33.0 Å². The molecule has 152 valence electrons. The fourth-order valence-corrected chi connectivity index (χ4v) is 10.2. The molecule has 0 radical (unpaired) electrons. The van der Waals surface area contributed by atoms with E-state index < -0.39 is 6.04 Å². The zero-order chi connectivity index (χ0) is 21.4. The van der Waals surface area contributed by atoms with Crippen molar-refractivity contribution < 1.29 is 0 Å². The molecule has 2 N–H and O–H groups in total. The number of nitrogens with two attached hydrogens (primary N) is 1. The Hall–Kier alpha value is -3.39. The van der Waals surface area contributed by atoms with Crippen LogP contribution in [0.4, 0.5) is 0 Å². The van der Waals surface area contributed by atoms with Crippen LogP contribution in [0.2, 0.25) is 0 Å². The van der Waals surface area contributed by atoms with E-state index in [2.05, 4.69) is 103 Å². The van der Waals surface area contributed by atoms with Gasteiger partial charge in [0.15, 0.2) is 0 Å². The number of aromatic nitrogens is 1. The first-order chi connectivity index (χ1) is 15.7. The van der Waals surface area contributed by atoms with Crippen LogP contribution in [0.3, 0.4) is 0 Å². The van der Waals surface area contributed by atoms with Gasteiger partial charge in [-0.3, -0.25) is 4.68 Å². The Morgan fingerprint density at radius 1 is 0.656 bits per heavy atom. The lowest BCUT2D eigenvalue weighted by atomic mass is 9.96. The molecule has 5 aromatic carbocycles. The summed E-state index contributed by atoms with van der Waals surface area (Å²) in [5, 5.41) is 8.63. The summed E-state index contributed by atoms with van der Waals surface area (Å²) in [6.45, 7) is 0. The quantitative estimate of drug-likeness (QED) is 0.271. The van der Waals surface area contributed by atoms with E-state index in [1.807, 2.05) is 4.68 Å². The first kappa shape index (κ1) is 18.2. The Bertz CT molecular complexity index is 1770. The molecule has 0 saturated carbocycles. The predicted molar refractivity (Wildman–Crippen MR) is 142 cm³/mol. The summed E-state index contributed by atoms with van der Waals surface area (Å²) in [4.78, 5) is 0. The second-order valence-corrected chi connectivity index (χ2v) is 12.6. The maximum absolute atomic E-state index is 6.82. The Labute approximate surface area is 190 Å². The van der Waals surface area contributed by atoms with Gasteiger partial charge in [0.2, 0.25) is 0 Å². The second-order valence-electron chi connectivity index (χ2n) is 8.34. The highest BCUT2D eigenvalue weighted by Crippen LogP contribution is 2.56. The fourth-order valence-electron chi connectivity index (χ4n) is 5.50. The first-order valence-corrected chi connectivity index (χ1v) is 13.5. The summed E-state index contributed by atoms with van der Waals surface area (Å²) >= 11 is 6.72. The highest BCUT2D eigenvalue weighted by atomic mass is 32.4. The third-order valence-electron chi connectivity index (χ3n) is 6.78. The summed E-state index contributed by atoms with van der Waals surface area (Å²) in [6, 6.07) is 34.2. The minimum absolute atomic E-state index is 1.04. The Morgan fingerprint density at radius 3 is 2.09 bits per heavy atom. The van der Waals surface area contributed by atoms with Crippen molar-refractivity contribution >= 4 is 66.3 Å². The van der Waals surface area contributed by atoms with Gasteiger partial charge >= 0.3 is 0 Å². The number of nitrogens with zero attached hydrogens (tertiary/aromatic N) is 1. The number of fused-ring (bicyclic) bond motifs is 10. The van der Waals surface area contributed by atoms with E-state index in [9.17, 15) is 0 Å². The van der Waals surface area contributed by atoms with Gasteiger partial charge in [-0.15, -0.1) is 0 Å². The molecule has 0 fully saturated rings. The van der Waals surface area contributed by atoms with Gasteiger partial charge < -0.3 is 5.84 Å². The van der Waals surface area contributed by atoms with E-state index in [1.54, 1.807) is 0 Å². The number of para-hydroxylation sites is 1. The summed E-state index contributed by atoms with van der Waals surface area (Å²) in [7, 11) is 0. The van der Waals surface area contributed by atoms with Crippen LogP contribution in [-0.4, -0.2) is 4.68 Å². The zero-order valence-corrected chi connectivity index (χ0v) is 18.9. The van der Waals surface area contributed by atoms with Gasteiger partial charge in [-0.1, -0.05) is 109 Å². The third-order valence-corrected chi connectivity index (χ3v) is 11.7. The molecule has 1 aromatic heterocycles. The predicted octanol–water partition coefficient (Wildman–Crippen LogP) is 5.40. The average molecular weight is 447 g/mol. The van der Waals surface area contributed by atoms with Crippen molar-refractivity contribution in [3.05, 3.63) is 103 Å². The first-order valence-electron chi connectivity index (χ1n) is 10.7. The van der Waals surface area contributed by atoms with Crippen molar-refractivity contribution in [2.45, 2.75) is 0 Å². The standard InChI is InChI=1S/C28H19N2PS/c29-30-23-16-8-6-14-21(23)25-19-12-4-5-13-20(19)28-26(27(25)30)22-15-7-9-17-24(22)31(28,32)18-10-2-1-3-11-18/h1-17H,29H2. The molecule has 0 saturated heterocycles. The SMILES string of the molecule is Nn1c2ccccc2c2c3ccccc3c3c(c21)-c1ccccc1P3(=S)c1ccccc1. The van der Waals surface area contributed by atoms with Gasteiger partial charge in [-0.2, -0.15) is 0 Å². The average Bonchev–Trinajstić information content (AvgIpc) is 3.31. The summed E-state index contributed by atoms with van der Waals surface area (Å²) in [5.41, 5.74) is 4.55. The van der Waals surface area contributed by atoms with Crippen LogP contribution in [0, 0.1) is 0 Å². The summed E-state index contributed by atoms with van der Waals surface area (Å²) < 4.78 is 1.88. The van der Waals surface area contributed by atoms with E-state index in [0.717, 1.165) is 11.0 Å². The van der Waals surface area contributed by atoms with Gasteiger partial charge in [-0.25, -0.2) is 0 Å². The smallest absolute Gasteiger partial charge is 0.0795 e. The lowest BCUT2D eigenvalue weighted by Crippen LogP contribution is -2.21. The third kappa shape index (κ3) is 2.08. The summed E-state index contributed by atoms with van der Waals surface area (Å²) in [5.74, 6) is 6.82. The minimum atomic E-state index is -2.25. The van der Waals surface area contributed by atoms with Gasteiger partial charge in [0.1, 0.15) is 0 Å². The van der Waals surface area contributed by atoms with E-state index in [4.69, 9.17) is 17.6 Å². The molecule has 0 spiro atoms. The van der Waals surface area contributed by atoms with Gasteiger partial charge in [-0.05, 0) is 27.7 Å². The number of rotatable bonds is 1. The van der Waals surface area contributed by atoms with Crippen LogP contribution in [0.15, 0.2) is 103 Å². The lowest BCUT2D eigenvalue weighted by Gasteiger charge is -2.22. The van der Waals surface area contributed by atoms with Crippen LogP contribution in [-0.2, 0) is 11.8 Å². The van der Waals surface area contributed by atoms with Crippen molar-refractivity contribution in [2.24, 2.45) is 0 Å². The molecule has 1 aliphatic rings. The highest BCUT2D eigenvalue weighted by Gasteiger charge is 2.40. The molecule has 0 bridgehead atoms. The number of hydrogen-bond donors (Lipinski definition) is 1. The summed E-state index contributed by atoms with van der Waals surface area (Å²) in [6.07, 6.45) is 0. The Kier molecular flexibility index (Phi) is 3.60. The molecule has 32 heavy (non-hydrogen) atoms. The number of nitrogen functional groups attached to an aromatic ring is 1. The Balaban J connectivity index is 1.83. The van der Waals surface area contributed by atoms with Crippen LogP contribution in [0.25, 0.3) is 43.7 Å². The van der Waals surface area contributed by atoms with Gasteiger partial charge in [0.25, 0.3) is 0 Å².